The van der Waals surface area contributed by atoms with Gasteiger partial charge in [-0.05, 0) is 58.1 Å². The lowest BCUT2D eigenvalue weighted by atomic mass is 9.68. The molecule has 1 aromatic heterocycles. The predicted octanol–water partition coefficient (Wildman–Crippen LogP) is 9.91. The number of hydrogen-bond acceptors (Lipinski definition) is 0. The van der Waals surface area contributed by atoms with Gasteiger partial charge in [-0.1, -0.05) is 131 Å². The van der Waals surface area contributed by atoms with Crippen molar-refractivity contribution >= 4 is 37.7 Å². The van der Waals surface area contributed by atoms with E-state index < -0.39 is 5.41 Å². The Morgan fingerprint density at radius 2 is 1.10 bits per heavy atom. The summed E-state index contributed by atoms with van der Waals surface area (Å²) in [6, 6.07) is 53.2. The molecular formula is C37H24BrN. The van der Waals surface area contributed by atoms with E-state index in [0.717, 1.165) is 4.47 Å². The van der Waals surface area contributed by atoms with Gasteiger partial charge in [0.05, 0.1) is 22.1 Å². The summed E-state index contributed by atoms with van der Waals surface area (Å²) in [6.45, 7) is 0. The van der Waals surface area contributed by atoms with E-state index >= 15 is 0 Å². The highest BCUT2D eigenvalue weighted by Crippen LogP contribution is 2.57. The first kappa shape index (κ1) is 22.6. The number of para-hydroxylation sites is 1. The average molecular weight is 563 g/mol. The fourth-order valence-corrected chi connectivity index (χ4v) is 7.23. The second-order valence-electron chi connectivity index (χ2n) is 10.2. The third-order valence-corrected chi connectivity index (χ3v) is 8.83. The minimum Gasteiger partial charge on any atom is -0.309 e. The summed E-state index contributed by atoms with van der Waals surface area (Å²) >= 11 is 3.71. The van der Waals surface area contributed by atoms with Gasteiger partial charge in [-0.25, -0.2) is 0 Å². The van der Waals surface area contributed by atoms with Gasteiger partial charge in [-0.2, -0.15) is 0 Å². The van der Waals surface area contributed by atoms with E-state index in [1.54, 1.807) is 0 Å². The van der Waals surface area contributed by atoms with Crippen molar-refractivity contribution in [3.05, 3.63) is 172 Å². The van der Waals surface area contributed by atoms with Crippen LogP contribution in [0.15, 0.2) is 150 Å². The van der Waals surface area contributed by atoms with Gasteiger partial charge in [0, 0.05) is 20.8 Å². The Bertz CT molecular complexity index is 1980. The third kappa shape index (κ3) is 3.07. The van der Waals surface area contributed by atoms with E-state index in [2.05, 4.69) is 166 Å². The molecule has 184 valence electrons. The Morgan fingerprint density at radius 3 is 1.87 bits per heavy atom. The van der Waals surface area contributed by atoms with Crippen molar-refractivity contribution in [3.8, 4) is 16.8 Å². The van der Waals surface area contributed by atoms with E-state index in [1.807, 2.05) is 0 Å². The minimum atomic E-state index is -0.410. The van der Waals surface area contributed by atoms with Crippen LogP contribution in [0.5, 0.6) is 0 Å². The molecule has 0 aliphatic heterocycles. The van der Waals surface area contributed by atoms with Crippen LogP contribution in [0.25, 0.3) is 38.6 Å². The molecular weight excluding hydrogens is 538 g/mol. The molecule has 0 fully saturated rings. The zero-order valence-corrected chi connectivity index (χ0v) is 22.8. The van der Waals surface area contributed by atoms with Crippen LogP contribution in [-0.4, -0.2) is 4.57 Å². The van der Waals surface area contributed by atoms with E-state index in [4.69, 9.17) is 0 Å². The summed E-state index contributed by atoms with van der Waals surface area (Å²) in [5.41, 5.74) is 11.0. The zero-order valence-electron chi connectivity index (χ0n) is 21.2. The van der Waals surface area contributed by atoms with Crippen LogP contribution in [-0.2, 0) is 5.41 Å². The molecule has 1 aliphatic carbocycles. The molecule has 1 aliphatic rings. The first-order valence-corrected chi connectivity index (χ1v) is 14.1. The molecule has 8 rings (SSSR count). The monoisotopic (exact) mass is 561 g/mol. The van der Waals surface area contributed by atoms with Crippen molar-refractivity contribution in [3.63, 3.8) is 0 Å². The summed E-state index contributed by atoms with van der Waals surface area (Å²) in [4.78, 5) is 0. The van der Waals surface area contributed by atoms with Crippen LogP contribution in [0.3, 0.4) is 0 Å². The van der Waals surface area contributed by atoms with E-state index in [-0.39, 0.29) is 0 Å². The molecule has 0 spiro atoms. The molecule has 6 aromatic carbocycles. The summed E-state index contributed by atoms with van der Waals surface area (Å²) in [6.07, 6.45) is 0. The lowest BCUT2D eigenvalue weighted by molar-refractivity contribution is 0.768. The quantitative estimate of drug-likeness (QED) is 0.202. The number of rotatable bonds is 3. The number of benzene rings is 6. The fourth-order valence-electron chi connectivity index (χ4n) is 6.86. The smallest absolute Gasteiger partial charge is 0.0714 e. The van der Waals surface area contributed by atoms with Crippen LogP contribution >= 0.6 is 15.9 Å². The van der Waals surface area contributed by atoms with Crippen molar-refractivity contribution in [2.75, 3.05) is 0 Å². The van der Waals surface area contributed by atoms with Crippen LogP contribution in [0.1, 0.15) is 22.3 Å². The Kier molecular flexibility index (Phi) is 4.95. The normalized spacial score (nSPS) is 13.5. The van der Waals surface area contributed by atoms with Gasteiger partial charge < -0.3 is 4.57 Å². The molecule has 39 heavy (non-hydrogen) atoms. The number of halogens is 1. The molecule has 7 aromatic rings. The number of hydrogen-bond donors (Lipinski definition) is 0. The Hall–Kier alpha value is -4.40. The summed E-state index contributed by atoms with van der Waals surface area (Å²) < 4.78 is 3.55. The van der Waals surface area contributed by atoms with Crippen molar-refractivity contribution < 1.29 is 0 Å². The molecule has 0 bridgehead atoms. The molecule has 0 amide bonds. The molecule has 1 nitrogen and oxygen atoms in total. The lowest BCUT2D eigenvalue weighted by Gasteiger charge is -2.34. The maximum Gasteiger partial charge on any atom is 0.0714 e. The molecule has 0 unspecified atom stereocenters. The predicted molar refractivity (Wildman–Crippen MR) is 166 cm³/mol. The Balaban J connectivity index is 1.56. The highest BCUT2D eigenvalue weighted by atomic mass is 79.9. The maximum absolute atomic E-state index is 3.71. The molecule has 1 heterocycles. The first-order chi connectivity index (χ1) is 19.3. The second-order valence-corrected chi connectivity index (χ2v) is 11.2. The highest BCUT2D eigenvalue weighted by molar-refractivity contribution is 9.10. The first-order valence-electron chi connectivity index (χ1n) is 13.3. The largest absolute Gasteiger partial charge is 0.309 e. The van der Waals surface area contributed by atoms with Crippen LogP contribution in [0, 0.1) is 0 Å². The topological polar surface area (TPSA) is 4.93 Å². The van der Waals surface area contributed by atoms with Crippen molar-refractivity contribution in [1.29, 1.82) is 0 Å². The summed E-state index contributed by atoms with van der Waals surface area (Å²) in [5.74, 6) is 0. The number of aromatic nitrogens is 1. The maximum atomic E-state index is 3.71. The van der Waals surface area contributed by atoms with Crippen molar-refractivity contribution in [2.45, 2.75) is 5.41 Å². The van der Waals surface area contributed by atoms with E-state index in [9.17, 15) is 0 Å². The molecule has 0 atom stereocenters. The summed E-state index contributed by atoms with van der Waals surface area (Å²) in [7, 11) is 0. The SMILES string of the molecule is Brc1ccc2c(c1)c1ccccc1n2-c1cccc2c1-c1ccccc1C2(c1ccccc1)c1ccccc1. The lowest BCUT2D eigenvalue weighted by Crippen LogP contribution is -2.28. The minimum absolute atomic E-state index is 0.410. The van der Waals surface area contributed by atoms with Gasteiger partial charge in [0.25, 0.3) is 0 Å². The second kappa shape index (κ2) is 8.56. The van der Waals surface area contributed by atoms with E-state index in [0.29, 0.717) is 0 Å². The summed E-state index contributed by atoms with van der Waals surface area (Å²) in [5, 5.41) is 2.51. The van der Waals surface area contributed by atoms with Gasteiger partial charge in [0.2, 0.25) is 0 Å². The van der Waals surface area contributed by atoms with Crippen molar-refractivity contribution in [2.24, 2.45) is 0 Å². The van der Waals surface area contributed by atoms with Gasteiger partial charge in [-0.3, -0.25) is 0 Å². The van der Waals surface area contributed by atoms with Gasteiger partial charge in [0.1, 0.15) is 0 Å². The fraction of sp³-hybridized carbons (Fsp3) is 0.0270. The molecule has 2 heteroatoms. The van der Waals surface area contributed by atoms with Gasteiger partial charge >= 0.3 is 0 Å². The van der Waals surface area contributed by atoms with Crippen molar-refractivity contribution in [1.82, 2.24) is 4.57 Å². The Morgan fingerprint density at radius 1 is 0.487 bits per heavy atom. The molecule has 0 N–H and O–H groups in total. The van der Waals surface area contributed by atoms with Crippen LogP contribution in [0.2, 0.25) is 0 Å². The number of fused-ring (bicyclic) bond motifs is 6. The van der Waals surface area contributed by atoms with Gasteiger partial charge in [0.15, 0.2) is 0 Å². The van der Waals surface area contributed by atoms with Crippen LogP contribution < -0.4 is 0 Å². The highest BCUT2D eigenvalue weighted by Gasteiger charge is 2.46. The third-order valence-electron chi connectivity index (χ3n) is 8.34. The van der Waals surface area contributed by atoms with E-state index in [1.165, 1.54) is 60.9 Å². The average Bonchev–Trinajstić information content (AvgIpc) is 3.49. The van der Waals surface area contributed by atoms with Crippen LogP contribution in [0.4, 0.5) is 0 Å². The molecule has 0 saturated heterocycles. The number of nitrogens with zero attached hydrogens (tertiary/aromatic N) is 1. The Labute approximate surface area is 236 Å². The molecule has 0 radical (unpaired) electrons. The van der Waals surface area contributed by atoms with Gasteiger partial charge in [-0.15, -0.1) is 0 Å². The zero-order chi connectivity index (χ0) is 26.0. The molecule has 0 saturated carbocycles. The standard InChI is InChI=1S/C37H24BrN/c38-27-22-23-34-30(24-27)28-16-8-10-20-33(28)39(34)35-21-11-19-32-36(35)29-17-7-9-18-31(29)37(32,25-12-3-1-4-13-25)26-14-5-2-6-15-26/h1-24H.